The van der Waals surface area contributed by atoms with Gasteiger partial charge in [0.25, 0.3) is 11.8 Å². The van der Waals surface area contributed by atoms with E-state index in [2.05, 4.69) is 0 Å². The number of carbonyl (C=O) groups is 5. The van der Waals surface area contributed by atoms with Crippen molar-refractivity contribution in [3.05, 3.63) is 0 Å². The third-order valence-electron chi connectivity index (χ3n) is 5.52. The molecule has 242 valence electrons. The average Bonchev–Trinajstić information content (AvgIpc) is 2.97. The van der Waals surface area contributed by atoms with E-state index in [9.17, 15) is 64.8 Å². The van der Waals surface area contributed by atoms with Crippen molar-refractivity contribution in [2.24, 2.45) is 0 Å². The number of aldehydes is 3. The molecule has 0 spiro atoms. The molecular weight excluding hydrogens is 612 g/mol. The highest BCUT2D eigenvalue weighted by atomic mass is 33.1. The summed E-state index contributed by atoms with van der Waals surface area (Å²) in [5.74, 6) is -2.29. The quantitative estimate of drug-likeness (QED) is 0.0193. The molecule has 1 fully saturated rings. The Morgan fingerprint density at radius 2 is 1.48 bits per heavy atom. The molecule has 0 bridgehead atoms. The molecule has 6 unspecified atom stereocenters. The first-order valence-corrected chi connectivity index (χ1v) is 14.4. The van der Waals surface area contributed by atoms with E-state index in [0.29, 0.717) is 18.9 Å². The molecule has 0 aromatic carbocycles. The van der Waals surface area contributed by atoms with Crippen LogP contribution in [0.4, 0.5) is 0 Å². The lowest BCUT2D eigenvalue weighted by atomic mass is 9.99. The molecule has 10 N–H and O–H groups in total. The van der Waals surface area contributed by atoms with Crippen LogP contribution in [0.25, 0.3) is 0 Å². The van der Waals surface area contributed by atoms with E-state index in [4.69, 9.17) is 9.47 Å². The van der Waals surface area contributed by atoms with Gasteiger partial charge in [-0.25, -0.2) is 8.61 Å². The second-order valence-corrected chi connectivity index (χ2v) is 10.9. The van der Waals surface area contributed by atoms with Gasteiger partial charge in [0.2, 0.25) is 0 Å². The summed E-state index contributed by atoms with van der Waals surface area (Å²) in [5.41, 5.74) is 3.77. The summed E-state index contributed by atoms with van der Waals surface area (Å²) in [4.78, 5) is 56.9. The van der Waals surface area contributed by atoms with Gasteiger partial charge in [-0.2, -0.15) is 0 Å². The van der Waals surface area contributed by atoms with Gasteiger partial charge < -0.3 is 64.7 Å². The first-order valence-electron chi connectivity index (χ1n) is 12.3. The summed E-state index contributed by atoms with van der Waals surface area (Å²) in [6, 6.07) is 0. The second kappa shape index (κ2) is 20.2. The minimum absolute atomic E-state index is 0.0148. The maximum atomic E-state index is 12.4. The van der Waals surface area contributed by atoms with Gasteiger partial charge in [0.15, 0.2) is 18.7 Å². The molecule has 0 aliphatic carbocycles. The normalized spacial score (nSPS) is 24.7. The van der Waals surface area contributed by atoms with Crippen molar-refractivity contribution in [1.82, 2.24) is 19.5 Å². The minimum Gasteiger partial charge on any atom is -0.394 e. The smallest absolute Gasteiger partial charge is 0.270 e. The SMILES string of the molecule is O=CCCN(CC=O)SSN(CCC=O)CC(=O)NNC(=O)C(O)C(O)C(OC1OC(CO)C(O)[C@H](O)[C@@H]1O)C(O)O. The Hall–Kier alpha value is -1.83. The predicted molar refractivity (Wildman–Crippen MR) is 141 cm³/mol. The molecule has 8 atom stereocenters. The van der Waals surface area contributed by atoms with Crippen molar-refractivity contribution < 1.29 is 74.3 Å². The number of amides is 2. The van der Waals surface area contributed by atoms with E-state index >= 15 is 0 Å². The number of rotatable bonds is 20. The number of ether oxygens (including phenoxy) is 2. The van der Waals surface area contributed by atoms with Crippen molar-refractivity contribution in [3.8, 4) is 0 Å². The van der Waals surface area contributed by atoms with Gasteiger partial charge in [0.1, 0.15) is 55.5 Å². The lowest BCUT2D eigenvalue weighted by Gasteiger charge is -2.41. The summed E-state index contributed by atoms with van der Waals surface area (Å²) < 4.78 is 13.0. The number of hydrogen-bond acceptors (Lipinski definition) is 19. The average molecular weight is 649 g/mol. The summed E-state index contributed by atoms with van der Waals surface area (Å²) >= 11 is 0. The van der Waals surface area contributed by atoms with E-state index in [-0.39, 0.29) is 32.5 Å². The van der Waals surface area contributed by atoms with E-state index in [1.807, 2.05) is 10.9 Å². The Labute approximate surface area is 247 Å². The van der Waals surface area contributed by atoms with Crippen LogP contribution >= 0.6 is 22.0 Å². The van der Waals surface area contributed by atoms with Gasteiger partial charge in [-0.15, -0.1) is 0 Å². The van der Waals surface area contributed by atoms with Crippen LogP contribution in [0, 0.1) is 0 Å². The van der Waals surface area contributed by atoms with E-state index in [0.717, 1.165) is 22.0 Å². The number of hydrazine groups is 1. The summed E-state index contributed by atoms with van der Waals surface area (Å²) in [6.07, 6.45) is -16.7. The van der Waals surface area contributed by atoms with Gasteiger partial charge in [0.05, 0.1) is 19.7 Å². The standard InChI is InChI=1S/C21H36N4O15S2/c26-6-1-3-24(5-8-28)41-42-25(4-2-7-27)9-12(30)22-23-19(36)16(34)15(33)18(20(37)38)40-21-17(35)14(32)13(31)11(10-29)39-21/h6-8,11,13-18,20-21,29,31-35,37-38H,1-5,9-10H2,(H,22,30)(H,23,36)/t11?,13?,14-,15?,16?,17-,18?,21?/m0/s1. The summed E-state index contributed by atoms with van der Waals surface area (Å²) in [5, 5.41) is 78.7. The molecule has 0 aromatic heterocycles. The zero-order valence-electron chi connectivity index (χ0n) is 22.0. The highest BCUT2D eigenvalue weighted by molar-refractivity contribution is 8.74. The maximum Gasteiger partial charge on any atom is 0.270 e. The van der Waals surface area contributed by atoms with Crippen LogP contribution in [-0.2, 0) is 33.4 Å². The first kappa shape index (κ1) is 38.2. The number of aliphatic hydroxyl groups excluding tert-OH is 7. The molecule has 0 aromatic rings. The number of nitrogens with one attached hydrogen (secondary N) is 2. The lowest BCUT2D eigenvalue weighted by Crippen LogP contribution is -2.62. The fourth-order valence-corrected chi connectivity index (χ4v) is 5.47. The van der Waals surface area contributed by atoms with E-state index in [1.165, 1.54) is 8.61 Å². The number of aliphatic hydroxyl groups is 8. The van der Waals surface area contributed by atoms with Crippen molar-refractivity contribution in [2.45, 2.75) is 68.1 Å². The molecule has 1 heterocycles. The zero-order chi connectivity index (χ0) is 31.8. The molecule has 42 heavy (non-hydrogen) atoms. The Morgan fingerprint density at radius 3 is 2.02 bits per heavy atom. The fourth-order valence-electron chi connectivity index (χ4n) is 3.27. The highest BCUT2D eigenvalue weighted by Crippen LogP contribution is 2.29. The van der Waals surface area contributed by atoms with Crippen LogP contribution in [0.2, 0.25) is 0 Å². The molecule has 1 aliphatic heterocycles. The Kier molecular flexibility index (Phi) is 18.4. The van der Waals surface area contributed by atoms with Crippen LogP contribution < -0.4 is 10.9 Å². The molecule has 1 aliphatic rings. The second-order valence-electron chi connectivity index (χ2n) is 8.66. The molecular formula is C21H36N4O15S2. The monoisotopic (exact) mass is 648 g/mol. The fraction of sp³-hybridized carbons (Fsp3) is 0.762. The van der Waals surface area contributed by atoms with Crippen LogP contribution in [0.1, 0.15) is 12.8 Å². The van der Waals surface area contributed by atoms with Crippen molar-refractivity contribution in [3.63, 3.8) is 0 Å². The molecule has 1 saturated heterocycles. The zero-order valence-corrected chi connectivity index (χ0v) is 23.7. The molecule has 1 rings (SSSR count). The van der Waals surface area contributed by atoms with Crippen molar-refractivity contribution >= 4 is 52.6 Å². The van der Waals surface area contributed by atoms with Crippen molar-refractivity contribution in [2.75, 3.05) is 32.8 Å². The molecule has 0 radical (unpaired) electrons. The number of hydrogen-bond donors (Lipinski definition) is 10. The number of carbonyl (C=O) groups excluding carboxylic acids is 5. The summed E-state index contributed by atoms with van der Waals surface area (Å²) in [6.45, 7) is -0.943. The van der Waals surface area contributed by atoms with Gasteiger partial charge >= 0.3 is 0 Å². The van der Waals surface area contributed by atoms with Crippen molar-refractivity contribution in [1.29, 1.82) is 0 Å². The Morgan fingerprint density at radius 1 is 0.881 bits per heavy atom. The predicted octanol–water partition coefficient (Wildman–Crippen LogP) is -6.46. The minimum atomic E-state index is -2.59. The Balaban J connectivity index is 2.74. The van der Waals surface area contributed by atoms with Crippen LogP contribution in [0.5, 0.6) is 0 Å². The third kappa shape index (κ3) is 12.4. The van der Waals surface area contributed by atoms with Gasteiger partial charge in [-0.05, 0) is 0 Å². The van der Waals surface area contributed by atoms with E-state index < -0.39 is 80.3 Å². The van der Waals surface area contributed by atoms with Gasteiger partial charge in [0, 0.05) is 47.9 Å². The molecule has 21 heteroatoms. The molecule has 0 saturated carbocycles. The lowest BCUT2D eigenvalue weighted by molar-refractivity contribution is -0.336. The van der Waals surface area contributed by atoms with Crippen LogP contribution in [0.15, 0.2) is 0 Å². The van der Waals surface area contributed by atoms with E-state index in [1.54, 1.807) is 0 Å². The topological polar surface area (TPSA) is 296 Å². The largest absolute Gasteiger partial charge is 0.394 e. The number of nitrogens with zero attached hydrogens (tertiary/aromatic N) is 2. The maximum absolute atomic E-state index is 12.4. The third-order valence-corrected chi connectivity index (χ3v) is 8.12. The highest BCUT2D eigenvalue weighted by Gasteiger charge is 2.47. The molecule has 19 nitrogen and oxygen atoms in total. The molecule has 2 amide bonds. The van der Waals surface area contributed by atoms with Gasteiger partial charge in [-0.1, -0.05) is 0 Å². The summed E-state index contributed by atoms with van der Waals surface area (Å²) in [7, 11) is 2.02. The van der Waals surface area contributed by atoms with Crippen LogP contribution in [0.3, 0.4) is 0 Å². The van der Waals surface area contributed by atoms with Gasteiger partial charge in [-0.3, -0.25) is 20.4 Å². The Bertz CT molecular complexity index is 860. The van der Waals surface area contributed by atoms with Crippen LogP contribution in [-0.4, -0.2) is 168 Å². The first-order chi connectivity index (χ1) is 19.9.